The SMILES string of the molecule is CCc1ccc(NC(=O)N2CCC[C@@H]2C(=O)N(C)Cc2ccc(Cl)cc2)cc1. The summed E-state index contributed by atoms with van der Waals surface area (Å²) >= 11 is 5.92. The number of carbonyl (C=O) groups is 2. The molecular weight excluding hydrogens is 374 g/mol. The predicted octanol–water partition coefficient (Wildman–Crippen LogP) is 4.56. The number of carbonyl (C=O) groups excluding carboxylic acids is 2. The van der Waals surface area contributed by atoms with Crippen molar-refractivity contribution in [3.8, 4) is 0 Å². The minimum atomic E-state index is -0.424. The normalized spacial score (nSPS) is 16.1. The van der Waals surface area contributed by atoms with E-state index in [1.165, 1.54) is 5.56 Å². The number of rotatable bonds is 5. The summed E-state index contributed by atoms with van der Waals surface area (Å²) in [5, 5.41) is 3.59. The molecule has 2 aromatic carbocycles. The molecule has 1 aliphatic rings. The van der Waals surface area contributed by atoms with Crippen LogP contribution < -0.4 is 5.32 Å². The van der Waals surface area contributed by atoms with Gasteiger partial charge in [0.05, 0.1) is 0 Å². The van der Waals surface area contributed by atoms with Crippen LogP contribution in [0.3, 0.4) is 0 Å². The zero-order valence-electron chi connectivity index (χ0n) is 16.3. The molecule has 0 aromatic heterocycles. The highest BCUT2D eigenvalue weighted by Gasteiger charge is 2.35. The van der Waals surface area contributed by atoms with Crippen LogP contribution in [0.25, 0.3) is 0 Å². The molecule has 1 aliphatic heterocycles. The largest absolute Gasteiger partial charge is 0.340 e. The van der Waals surface area contributed by atoms with Gasteiger partial charge in [-0.2, -0.15) is 0 Å². The number of halogens is 1. The molecule has 6 heteroatoms. The fraction of sp³-hybridized carbons (Fsp3) is 0.364. The summed E-state index contributed by atoms with van der Waals surface area (Å²) < 4.78 is 0. The van der Waals surface area contributed by atoms with Gasteiger partial charge in [0, 0.05) is 30.8 Å². The Kier molecular flexibility index (Phi) is 6.57. The van der Waals surface area contributed by atoms with Gasteiger partial charge in [-0.05, 0) is 54.7 Å². The molecule has 1 atom stereocenters. The number of nitrogens with zero attached hydrogens (tertiary/aromatic N) is 2. The van der Waals surface area contributed by atoms with E-state index in [1.807, 2.05) is 48.5 Å². The molecular formula is C22H26ClN3O2. The Morgan fingerprint density at radius 1 is 1.11 bits per heavy atom. The number of amides is 3. The first-order chi connectivity index (χ1) is 13.5. The van der Waals surface area contributed by atoms with Gasteiger partial charge in [0.2, 0.25) is 5.91 Å². The van der Waals surface area contributed by atoms with Crippen LogP contribution in [0.4, 0.5) is 10.5 Å². The van der Waals surface area contributed by atoms with E-state index in [0.29, 0.717) is 24.5 Å². The number of hydrogen-bond acceptors (Lipinski definition) is 2. The van der Waals surface area contributed by atoms with Crippen LogP contribution in [0.1, 0.15) is 30.9 Å². The van der Waals surface area contributed by atoms with Gasteiger partial charge in [-0.1, -0.05) is 42.8 Å². The van der Waals surface area contributed by atoms with Crippen molar-refractivity contribution in [2.75, 3.05) is 18.9 Å². The molecule has 1 N–H and O–H groups in total. The van der Waals surface area contributed by atoms with Crippen molar-refractivity contribution >= 4 is 29.2 Å². The summed E-state index contributed by atoms with van der Waals surface area (Å²) in [6.45, 7) is 3.17. The van der Waals surface area contributed by atoms with E-state index in [2.05, 4.69) is 12.2 Å². The van der Waals surface area contributed by atoms with Gasteiger partial charge in [0.15, 0.2) is 0 Å². The highest BCUT2D eigenvalue weighted by atomic mass is 35.5. The molecule has 3 rings (SSSR count). The number of urea groups is 1. The highest BCUT2D eigenvalue weighted by molar-refractivity contribution is 6.30. The van der Waals surface area contributed by atoms with Crippen molar-refractivity contribution in [3.63, 3.8) is 0 Å². The lowest BCUT2D eigenvalue weighted by molar-refractivity contribution is -0.134. The molecule has 1 fully saturated rings. The lowest BCUT2D eigenvalue weighted by Crippen LogP contribution is -2.47. The second-order valence-corrected chi connectivity index (χ2v) is 7.59. The van der Waals surface area contributed by atoms with Gasteiger partial charge in [0.1, 0.15) is 6.04 Å². The van der Waals surface area contributed by atoms with Gasteiger partial charge in [-0.25, -0.2) is 4.79 Å². The van der Waals surface area contributed by atoms with Gasteiger partial charge in [-0.3, -0.25) is 4.79 Å². The van der Waals surface area contributed by atoms with Crippen molar-refractivity contribution < 1.29 is 9.59 Å². The molecule has 148 valence electrons. The summed E-state index contributed by atoms with van der Waals surface area (Å²) in [7, 11) is 1.77. The average molecular weight is 400 g/mol. The highest BCUT2D eigenvalue weighted by Crippen LogP contribution is 2.22. The Balaban J connectivity index is 1.62. The summed E-state index contributed by atoms with van der Waals surface area (Å²) in [5.41, 5.74) is 2.97. The summed E-state index contributed by atoms with van der Waals surface area (Å²) in [6, 6.07) is 14.6. The zero-order valence-corrected chi connectivity index (χ0v) is 17.1. The number of hydrogen-bond donors (Lipinski definition) is 1. The third-order valence-corrected chi connectivity index (χ3v) is 5.37. The Morgan fingerprint density at radius 3 is 2.39 bits per heavy atom. The number of likely N-dealkylation sites (N-methyl/N-ethyl adjacent to an activating group) is 1. The molecule has 1 saturated heterocycles. The number of aryl methyl sites for hydroxylation is 1. The smallest absolute Gasteiger partial charge is 0.322 e. The number of likely N-dealkylation sites (tertiary alicyclic amines) is 1. The molecule has 0 spiro atoms. The zero-order chi connectivity index (χ0) is 20.1. The number of anilines is 1. The predicted molar refractivity (Wildman–Crippen MR) is 112 cm³/mol. The van der Waals surface area contributed by atoms with Crippen molar-refractivity contribution in [1.29, 1.82) is 0 Å². The summed E-state index contributed by atoms with van der Waals surface area (Å²) in [5.74, 6) is -0.0380. The van der Waals surface area contributed by atoms with E-state index in [0.717, 1.165) is 24.1 Å². The van der Waals surface area contributed by atoms with Crippen LogP contribution in [0.15, 0.2) is 48.5 Å². The fourth-order valence-electron chi connectivity index (χ4n) is 3.48. The van der Waals surface area contributed by atoms with E-state index in [-0.39, 0.29) is 11.9 Å². The van der Waals surface area contributed by atoms with Gasteiger partial charge in [-0.15, -0.1) is 0 Å². The van der Waals surface area contributed by atoms with E-state index in [9.17, 15) is 9.59 Å². The molecule has 28 heavy (non-hydrogen) atoms. The fourth-order valence-corrected chi connectivity index (χ4v) is 3.61. The molecule has 0 saturated carbocycles. The van der Waals surface area contributed by atoms with E-state index >= 15 is 0 Å². The van der Waals surface area contributed by atoms with Crippen LogP contribution in [0, 0.1) is 0 Å². The van der Waals surface area contributed by atoms with Crippen molar-refractivity contribution in [3.05, 3.63) is 64.7 Å². The third kappa shape index (κ3) is 4.84. The Hall–Kier alpha value is -2.53. The molecule has 5 nitrogen and oxygen atoms in total. The second kappa shape index (κ2) is 9.11. The Morgan fingerprint density at radius 2 is 1.75 bits per heavy atom. The molecule has 0 radical (unpaired) electrons. The lowest BCUT2D eigenvalue weighted by atomic mass is 10.1. The van der Waals surface area contributed by atoms with Gasteiger partial charge < -0.3 is 15.1 Å². The quantitative estimate of drug-likeness (QED) is 0.801. The van der Waals surface area contributed by atoms with Gasteiger partial charge >= 0.3 is 6.03 Å². The molecule has 2 aromatic rings. The van der Waals surface area contributed by atoms with E-state index < -0.39 is 6.04 Å². The van der Waals surface area contributed by atoms with Crippen molar-refractivity contribution in [2.45, 2.75) is 38.8 Å². The minimum Gasteiger partial charge on any atom is -0.340 e. The number of benzene rings is 2. The monoisotopic (exact) mass is 399 g/mol. The molecule has 0 unspecified atom stereocenters. The standard InChI is InChI=1S/C22H26ClN3O2/c1-3-16-8-12-19(13-9-16)24-22(28)26-14-4-5-20(26)21(27)25(2)15-17-6-10-18(23)11-7-17/h6-13,20H,3-5,14-15H2,1-2H3,(H,24,28)/t20-/m1/s1. The summed E-state index contributed by atoms with van der Waals surface area (Å²) in [4.78, 5) is 29.0. The molecule has 3 amide bonds. The number of nitrogens with one attached hydrogen (secondary N) is 1. The Labute approximate surface area is 171 Å². The third-order valence-electron chi connectivity index (χ3n) is 5.12. The second-order valence-electron chi connectivity index (χ2n) is 7.15. The van der Waals surface area contributed by atoms with Crippen molar-refractivity contribution in [2.24, 2.45) is 0 Å². The Bertz CT molecular complexity index is 821. The first-order valence-corrected chi connectivity index (χ1v) is 10.0. The van der Waals surface area contributed by atoms with Crippen LogP contribution in [-0.4, -0.2) is 41.4 Å². The maximum Gasteiger partial charge on any atom is 0.322 e. The first kappa shape index (κ1) is 20.2. The minimum absolute atomic E-state index is 0.0380. The first-order valence-electron chi connectivity index (χ1n) is 9.64. The molecule has 1 heterocycles. The van der Waals surface area contributed by atoms with Crippen LogP contribution in [-0.2, 0) is 17.8 Å². The summed E-state index contributed by atoms with van der Waals surface area (Å²) in [6.07, 6.45) is 2.47. The van der Waals surface area contributed by atoms with Crippen molar-refractivity contribution in [1.82, 2.24) is 9.80 Å². The maximum atomic E-state index is 12.9. The van der Waals surface area contributed by atoms with E-state index in [4.69, 9.17) is 11.6 Å². The molecule has 0 aliphatic carbocycles. The topological polar surface area (TPSA) is 52.7 Å². The van der Waals surface area contributed by atoms with Crippen LogP contribution in [0.5, 0.6) is 0 Å². The van der Waals surface area contributed by atoms with Crippen LogP contribution >= 0.6 is 11.6 Å². The van der Waals surface area contributed by atoms with Gasteiger partial charge in [0.25, 0.3) is 0 Å². The van der Waals surface area contributed by atoms with E-state index in [1.54, 1.807) is 16.8 Å². The average Bonchev–Trinajstić information content (AvgIpc) is 3.19. The lowest BCUT2D eigenvalue weighted by Gasteiger charge is -2.28. The molecule has 0 bridgehead atoms. The van der Waals surface area contributed by atoms with Crippen LogP contribution in [0.2, 0.25) is 5.02 Å². The maximum absolute atomic E-state index is 12.9.